The van der Waals surface area contributed by atoms with Crippen molar-refractivity contribution in [1.82, 2.24) is 9.36 Å². The highest BCUT2D eigenvalue weighted by Crippen LogP contribution is 2.20. The molecule has 0 aliphatic rings. The molecule has 16 heavy (non-hydrogen) atoms. The van der Waals surface area contributed by atoms with Crippen molar-refractivity contribution in [1.29, 1.82) is 0 Å². The van der Waals surface area contributed by atoms with Crippen LogP contribution in [0, 0.1) is 0 Å². The molecule has 92 valence electrons. The van der Waals surface area contributed by atoms with Crippen LogP contribution in [-0.4, -0.2) is 47.9 Å². The normalized spacial score (nSPS) is 13.1. The summed E-state index contributed by atoms with van der Waals surface area (Å²) in [6.45, 7) is 4.96. The van der Waals surface area contributed by atoms with Crippen LogP contribution < -0.4 is 4.90 Å². The third-order valence-electron chi connectivity index (χ3n) is 2.12. The van der Waals surface area contributed by atoms with Gasteiger partial charge in [-0.05, 0) is 0 Å². The van der Waals surface area contributed by atoms with Gasteiger partial charge in [0.15, 0.2) is 0 Å². The van der Waals surface area contributed by atoms with Gasteiger partial charge in [-0.3, -0.25) is 0 Å². The van der Waals surface area contributed by atoms with Crippen LogP contribution in [0.4, 0.5) is 5.13 Å². The maximum absolute atomic E-state index is 9.59. The Morgan fingerprint density at radius 2 is 2.19 bits per heavy atom. The van der Waals surface area contributed by atoms with Crippen molar-refractivity contribution in [3.63, 3.8) is 0 Å². The van der Waals surface area contributed by atoms with E-state index < -0.39 is 6.10 Å². The van der Waals surface area contributed by atoms with Gasteiger partial charge in [0.2, 0.25) is 5.13 Å². The molecule has 1 rings (SSSR count). The Bertz CT molecular complexity index is 317. The molecular weight excluding hydrogens is 226 g/mol. The Morgan fingerprint density at radius 3 is 2.69 bits per heavy atom. The first-order chi connectivity index (χ1) is 7.54. The van der Waals surface area contributed by atoms with Crippen LogP contribution >= 0.6 is 11.5 Å². The second kappa shape index (κ2) is 6.12. The zero-order chi connectivity index (χ0) is 12.1. The largest absolute Gasteiger partial charge is 0.389 e. The van der Waals surface area contributed by atoms with Gasteiger partial charge in [0.25, 0.3) is 0 Å². The van der Waals surface area contributed by atoms with Crippen LogP contribution in [0.5, 0.6) is 0 Å². The van der Waals surface area contributed by atoms with Crippen molar-refractivity contribution in [2.24, 2.45) is 0 Å². The van der Waals surface area contributed by atoms with E-state index in [4.69, 9.17) is 4.74 Å². The van der Waals surface area contributed by atoms with E-state index in [1.807, 2.05) is 11.9 Å². The third-order valence-corrected chi connectivity index (χ3v) is 2.96. The van der Waals surface area contributed by atoms with Crippen molar-refractivity contribution < 1.29 is 9.84 Å². The summed E-state index contributed by atoms with van der Waals surface area (Å²) in [5.74, 6) is 1.19. The summed E-state index contributed by atoms with van der Waals surface area (Å²) in [6, 6.07) is 0. The number of aliphatic hydroxyl groups is 1. The van der Waals surface area contributed by atoms with Crippen molar-refractivity contribution in [2.75, 3.05) is 32.2 Å². The second-order valence-corrected chi connectivity index (χ2v) is 4.81. The van der Waals surface area contributed by atoms with Gasteiger partial charge in [0, 0.05) is 38.2 Å². The Hall–Kier alpha value is -0.720. The number of anilines is 1. The topological polar surface area (TPSA) is 58.5 Å². The van der Waals surface area contributed by atoms with E-state index in [2.05, 4.69) is 23.2 Å². The smallest absolute Gasteiger partial charge is 0.205 e. The molecule has 0 aromatic carbocycles. The van der Waals surface area contributed by atoms with Crippen LogP contribution in [0.1, 0.15) is 25.6 Å². The third kappa shape index (κ3) is 3.70. The molecule has 0 aliphatic heterocycles. The van der Waals surface area contributed by atoms with Crippen LogP contribution in [0.3, 0.4) is 0 Å². The molecule has 0 saturated heterocycles. The molecule has 6 heteroatoms. The van der Waals surface area contributed by atoms with Crippen LogP contribution in [0.15, 0.2) is 0 Å². The molecule has 1 aromatic rings. The first kappa shape index (κ1) is 13.3. The van der Waals surface area contributed by atoms with E-state index >= 15 is 0 Å². The molecule has 0 radical (unpaired) electrons. The predicted octanol–water partition coefficient (Wildman–Crippen LogP) is 1.10. The molecule has 0 amide bonds. The minimum absolute atomic E-state index is 0.334. The number of methoxy groups -OCH3 is 1. The Labute approximate surface area is 100 Å². The summed E-state index contributed by atoms with van der Waals surface area (Å²) in [4.78, 5) is 6.30. The SMILES string of the molecule is COCC(O)CN(C)c1nc(C(C)C)ns1. The summed E-state index contributed by atoms with van der Waals surface area (Å²) < 4.78 is 9.14. The number of hydrogen-bond acceptors (Lipinski definition) is 6. The zero-order valence-electron chi connectivity index (χ0n) is 10.2. The second-order valence-electron chi connectivity index (χ2n) is 4.08. The lowest BCUT2D eigenvalue weighted by molar-refractivity contribution is 0.0695. The van der Waals surface area contributed by atoms with Crippen LogP contribution in [0.2, 0.25) is 0 Å². The summed E-state index contributed by atoms with van der Waals surface area (Å²) in [7, 11) is 3.47. The monoisotopic (exact) mass is 245 g/mol. The average Bonchev–Trinajstić information content (AvgIpc) is 2.66. The first-order valence-corrected chi connectivity index (χ1v) is 6.03. The summed E-state index contributed by atoms with van der Waals surface area (Å²) in [6.07, 6.45) is -0.499. The van der Waals surface area contributed by atoms with E-state index in [1.165, 1.54) is 11.5 Å². The Kier molecular flexibility index (Phi) is 5.11. The van der Waals surface area contributed by atoms with Crippen molar-refractivity contribution in [3.05, 3.63) is 5.82 Å². The van der Waals surface area contributed by atoms with Crippen molar-refractivity contribution >= 4 is 16.7 Å². The highest BCUT2D eigenvalue weighted by atomic mass is 32.1. The Balaban J connectivity index is 2.55. The lowest BCUT2D eigenvalue weighted by atomic mass is 10.2. The highest BCUT2D eigenvalue weighted by molar-refractivity contribution is 7.09. The molecule has 1 aromatic heterocycles. The number of likely N-dealkylation sites (N-methyl/N-ethyl adjacent to an activating group) is 1. The quantitative estimate of drug-likeness (QED) is 0.813. The standard InChI is InChI=1S/C10H19N3O2S/c1-7(2)9-11-10(16-12-9)13(3)5-8(14)6-15-4/h7-8,14H,5-6H2,1-4H3. The molecule has 1 atom stereocenters. The number of aromatic nitrogens is 2. The van der Waals surface area contributed by atoms with Crippen molar-refractivity contribution in [2.45, 2.75) is 25.9 Å². The molecule has 1 heterocycles. The molecule has 5 nitrogen and oxygen atoms in total. The average molecular weight is 245 g/mol. The minimum Gasteiger partial charge on any atom is -0.389 e. The van der Waals surface area contributed by atoms with E-state index in [-0.39, 0.29) is 0 Å². The predicted molar refractivity (Wildman–Crippen MR) is 65.2 cm³/mol. The van der Waals surface area contributed by atoms with Crippen LogP contribution in [0.25, 0.3) is 0 Å². The molecule has 0 bridgehead atoms. The lowest BCUT2D eigenvalue weighted by Gasteiger charge is -2.18. The van der Waals surface area contributed by atoms with E-state index in [0.29, 0.717) is 19.1 Å². The maximum Gasteiger partial charge on any atom is 0.205 e. The van der Waals surface area contributed by atoms with E-state index in [9.17, 15) is 5.11 Å². The van der Waals surface area contributed by atoms with Gasteiger partial charge in [-0.25, -0.2) is 4.98 Å². The van der Waals surface area contributed by atoms with Crippen LogP contribution in [-0.2, 0) is 4.74 Å². The van der Waals surface area contributed by atoms with E-state index in [0.717, 1.165) is 11.0 Å². The van der Waals surface area contributed by atoms with Crippen molar-refractivity contribution in [3.8, 4) is 0 Å². The first-order valence-electron chi connectivity index (χ1n) is 5.26. The van der Waals surface area contributed by atoms with Gasteiger partial charge in [-0.1, -0.05) is 13.8 Å². The fraction of sp³-hybridized carbons (Fsp3) is 0.800. The number of nitrogens with zero attached hydrogens (tertiary/aromatic N) is 3. The molecule has 1 N–H and O–H groups in total. The lowest BCUT2D eigenvalue weighted by Crippen LogP contribution is -2.31. The van der Waals surface area contributed by atoms with Gasteiger partial charge in [-0.15, -0.1) is 0 Å². The highest BCUT2D eigenvalue weighted by Gasteiger charge is 2.14. The molecule has 0 fully saturated rings. The molecular formula is C10H19N3O2S. The van der Waals surface area contributed by atoms with E-state index in [1.54, 1.807) is 7.11 Å². The fourth-order valence-corrected chi connectivity index (χ4v) is 2.03. The number of ether oxygens (including phenoxy) is 1. The minimum atomic E-state index is -0.499. The molecule has 0 spiro atoms. The molecule has 1 unspecified atom stereocenters. The number of aliphatic hydroxyl groups excluding tert-OH is 1. The van der Waals surface area contributed by atoms with Gasteiger partial charge in [-0.2, -0.15) is 4.37 Å². The molecule has 0 saturated carbocycles. The van der Waals surface area contributed by atoms with Gasteiger partial charge >= 0.3 is 0 Å². The molecule has 0 aliphatic carbocycles. The van der Waals surface area contributed by atoms with Gasteiger partial charge in [0.1, 0.15) is 5.82 Å². The Morgan fingerprint density at radius 1 is 1.50 bits per heavy atom. The summed E-state index contributed by atoms with van der Waals surface area (Å²) in [5, 5.41) is 10.4. The van der Waals surface area contributed by atoms with Gasteiger partial charge in [0.05, 0.1) is 12.7 Å². The summed E-state index contributed by atoms with van der Waals surface area (Å²) in [5.41, 5.74) is 0. The summed E-state index contributed by atoms with van der Waals surface area (Å²) >= 11 is 1.36. The zero-order valence-corrected chi connectivity index (χ0v) is 11.0. The van der Waals surface area contributed by atoms with Gasteiger partial charge < -0.3 is 14.7 Å². The number of rotatable bonds is 6. The fourth-order valence-electron chi connectivity index (χ4n) is 1.26. The maximum atomic E-state index is 9.59. The number of hydrogen-bond donors (Lipinski definition) is 1.